The maximum Gasteiger partial charge on any atom is 0.136 e. The van der Waals surface area contributed by atoms with Gasteiger partial charge >= 0.3 is 0 Å². The number of nitrogens with zero attached hydrogens (tertiary/aromatic N) is 1. The Balaban J connectivity index is 1.13. The number of anilines is 3. The molecule has 0 fully saturated rings. The molecule has 11 rings (SSSR count). The minimum atomic E-state index is 0.915. The summed E-state index contributed by atoms with van der Waals surface area (Å²) in [6.07, 6.45) is 0. The fourth-order valence-electron chi connectivity index (χ4n) is 8.06. The van der Waals surface area contributed by atoms with E-state index in [2.05, 4.69) is 169 Å². The number of thiophene rings is 1. The van der Waals surface area contributed by atoms with E-state index in [1.54, 1.807) is 0 Å². The third-order valence-electron chi connectivity index (χ3n) is 10.4. The zero-order valence-corrected chi connectivity index (χ0v) is 28.3. The van der Waals surface area contributed by atoms with Gasteiger partial charge in [0.05, 0.1) is 0 Å². The van der Waals surface area contributed by atoms with Crippen molar-refractivity contribution < 1.29 is 4.42 Å². The Labute approximate surface area is 298 Å². The molecule has 0 saturated heterocycles. The van der Waals surface area contributed by atoms with Gasteiger partial charge in [0.2, 0.25) is 0 Å². The van der Waals surface area contributed by atoms with Gasteiger partial charge in [-0.2, -0.15) is 0 Å². The number of rotatable bonds is 4. The van der Waals surface area contributed by atoms with Crippen molar-refractivity contribution in [1.29, 1.82) is 0 Å². The quantitative estimate of drug-likeness (QED) is 0.174. The van der Waals surface area contributed by atoms with Crippen molar-refractivity contribution >= 4 is 103 Å². The van der Waals surface area contributed by atoms with E-state index < -0.39 is 0 Å². The Morgan fingerprint density at radius 3 is 1.94 bits per heavy atom. The second kappa shape index (κ2) is 11.0. The van der Waals surface area contributed by atoms with Crippen LogP contribution in [0.15, 0.2) is 180 Å². The minimum Gasteiger partial charge on any atom is -0.456 e. The van der Waals surface area contributed by atoms with Gasteiger partial charge in [0.1, 0.15) is 11.2 Å². The van der Waals surface area contributed by atoms with Gasteiger partial charge < -0.3 is 9.32 Å². The van der Waals surface area contributed by atoms with Crippen molar-refractivity contribution in [1.82, 2.24) is 0 Å². The maximum absolute atomic E-state index is 6.32. The smallest absolute Gasteiger partial charge is 0.136 e. The molecule has 9 aromatic carbocycles. The monoisotopic (exact) mass is 667 g/mol. The van der Waals surface area contributed by atoms with Crippen molar-refractivity contribution in [3.63, 3.8) is 0 Å². The summed E-state index contributed by atoms with van der Waals surface area (Å²) in [5.41, 5.74) is 7.59. The first-order valence-electron chi connectivity index (χ1n) is 17.3. The van der Waals surface area contributed by atoms with Gasteiger partial charge in [0.15, 0.2) is 0 Å². The van der Waals surface area contributed by atoms with Crippen LogP contribution in [0.3, 0.4) is 0 Å². The lowest BCUT2D eigenvalue weighted by Gasteiger charge is -2.26. The standard InChI is InChI=1S/C48H29NOS/c1-2-10-34(11-3-1)49(35-23-21-31-18-20-32-19-17-30-9-4-5-12-37(30)47(32)41(31)28-35)36-24-26-45-42(29-36)48-38(14-8-16-46(48)51-45)33-22-25-40-39-13-6-7-15-43(39)50-44(40)27-33/h1-29H. The molecule has 0 saturated carbocycles. The summed E-state index contributed by atoms with van der Waals surface area (Å²) >= 11 is 1.85. The molecule has 3 heteroatoms. The number of furan rings is 1. The zero-order chi connectivity index (χ0) is 33.5. The average Bonchev–Trinajstić information content (AvgIpc) is 3.76. The molecule has 0 spiro atoms. The van der Waals surface area contributed by atoms with E-state index >= 15 is 0 Å². The Kier molecular flexibility index (Phi) is 6.16. The fraction of sp³-hybridized carbons (Fsp3) is 0. The van der Waals surface area contributed by atoms with Crippen LogP contribution < -0.4 is 4.90 Å². The van der Waals surface area contributed by atoms with Crippen molar-refractivity contribution in [2.75, 3.05) is 4.90 Å². The second-order valence-electron chi connectivity index (χ2n) is 13.3. The summed E-state index contributed by atoms with van der Waals surface area (Å²) in [7, 11) is 0. The Bertz CT molecular complexity index is 3150. The molecule has 0 unspecified atom stereocenters. The molecule has 0 bridgehead atoms. The van der Waals surface area contributed by atoms with Crippen LogP contribution in [-0.2, 0) is 0 Å². The number of para-hydroxylation sites is 2. The largest absolute Gasteiger partial charge is 0.456 e. The van der Waals surface area contributed by atoms with Crippen LogP contribution in [0.1, 0.15) is 0 Å². The molecule has 0 radical (unpaired) electrons. The lowest BCUT2D eigenvalue weighted by atomic mass is 9.96. The van der Waals surface area contributed by atoms with E-state index in [0.717, 1.165) is 44.6 Å². The zero-order valence-electron chi connectivity index (χ0n) is 27.5. The van der Waals surface area contributed by atoms with Gasteiger partial charge in [-0.3, -0.25) is 0 Å². The fourth-order valence-corrected chi connectivity index (χ4v) is 9.18. The van der Waals surface area contributed by atoms with Crippen molar-refractivity contribution in [2.45, 2.75) is 0 Å². The predicted molar refractivity (Wildman–Crippen MR) is 219 cm³/mol. The molecule has 2 aromatic heterocycles. The van der Waals surface area contributed by atoms with Gasteiger partial charge in [0, 0.05) is 48.0 Å². The van der Waals surface area contributed by atoms with Crippen molar-refractivity contribution in [2.24, 2.45) is 0 Å². The Morgan fingerprint density at radius 1 is 0.373 bits per heavy atom. The summed E-state index contributed by atoms with van der Waals surface area (Å²) in [4.78, 5) is 2.40. The number of benzene rings is 9. The number of fused-ring (bicyclic) bond motifs is 11. The highest BCUT2D eigenvalue weighted by molar-refractivity contribution is 7.26. The molecular formula is C48H29NOS. The predicted octanol–water partition coefficient (Wildman–Crippen LogP) is 14.6. The highest BCUT2D eigenvalue weighted by atomic mass is 32.1. The molecule has 0 N–H and O–H groups in total. The minimum absolute atomic E-state index is 0.915. The normalized spacial score (nSPS) is 11.9. The van der Waals surface area contributed by atoms with Crippen LogP contribution in [0.5, 0.6) is 0 Å². The Hall–Kier alpha value is -6.42. The van der Waals surface area contributed by atoms with Gasteiger partial charge in [-0.15, -0.1) is 11.3 Å². The van der Waals surface area contributed by atoms with E-state index in [1.807, 2.05) is 23.5 Å². The Morgan fingerprint density at radius 2 is 1.06 bits per heavy atom. The van der Waals surface area contributed by atoms with E-state index in [9.17, 15) is 0 Å². The molecule has 0 atom stereocenters. The van der Waals surface area contributed by atoms with E-state index in [-0.39, 0.29) is 0 Å². The third-order valence-corrected chi connectivity index (χ3v) is 11.5. The lowest BCUT2D eigenvalue weighted by Crippen LogP contribution is -2.09. The topological polar surface area (TPSA) is 16.4 Å². The first-order valence-corrected chi connectivity index (χ1v) is 18.1. The molecule has 0 aliphatic rings. The average molecular weight is 668 g/mol. The molecule has 0 aliphatic carbocycles. The molecule has 0 aliphatic heterocycles. The van der Waals surface area contributed by atoms with Crippen molar-refractivity contribution in [3.05, 3.63) is 176 Å². The second-order valence-corrected chi connectivity index (χ2v) is 14.4. The molecular weight excluding hydrogens is 639 g/mol. The molecule has 51 heavy (non-hydrogen) atoms. The van der Waals surface area contributed by atoms with Crippen LogP contribution in [0.25, 0.3) is 85.6 Å². The molecule has 238 valence electrons. The molecule has 2 nitrogen and oxygen atoms in total. The van der Waals surface area contributed by atoms with Crippen LogP contribution in [-0.4, -0.2) is 0 Å². The van der Waals surface area contributed by atoms with E-state index in [0.29, 0.717) is 0 Å². The van der Waals surface area contributed by atoms with Crippen LogP contribution >= 0.6 is 11.3 Å². The molecule has 2 heterocycles. The summed E-state index contributed by atoms with van der Waals surface area (Å²) in [6.45, 7) is 0. The van der Waals surface area contributed by atoms with Gasteiger partial charge in [0.25, 0.3) is 0 Å². The number of hydrogen-bond acceptors (Lipinski definition) is 3. The van der Waals surface area contributed by atoms with Crippen LogP contribution in [0.4, 0.5) is 17.1 Å². The summed E-state index contributed by atoms with van der Waals surface area (Å²) in [6, 6.07) is 63.9. The van der Waals surface area contributed by atoms with Crippen LogP contribution in [0.2, 0.25) is 0 Å². The SMILES string of the molecule is c1ccc(N(c2ccc3sc4cccc(-c5ccc6c(c5)oc5ccccc56)c4c3c2)c2ccc3ccc4ccc5ccccc5c4c3c2)cc1. The molecule has 11 aromatic rings. The number of hydrogen-bond donors (Lipinski definition) is 0. The maximum atomic E-state index is 6.32. The summed E-state index contributed by atoms with van der Waals surface area (Å²) in [5.74, 6) is 0. The van der Waals surface area contributed by atoms with Gasteiger partial charge in [-0.25, -0.2) is 0 Å². The summed E-state index contributed by atoms with van der Waals surface area (Å²) in [5, 5.41) is 12.4. The van der Waals surface area contributed by atoms with Gasteiger partial charge in [-0.1, -0.05) is 109 Å². The highest BCUT2D eigenvalue weighted by Gasteiger charge is 2.18. The summed E-state index contributed by atoms with van der Waals surface area (Å²) < 4.78 is 8.87. The highest BCUT2D eigenvalue weighted by Crippen LogP contribution is 2.45. The van der Waals surface area contributed by atoms with E-state index in [4.69, 9.17) is 4.42 Å². The first-order chi connectivity index (χ1) is 25.3. The lowest BCUT2D eigenvalue weighted by molar-refractivity contribution is 0.669. The third kappa shape index (κ3) is 4.42. The van der Waals surface area contributed by atoms with E-state index in [1.165, 1.54) is 58.1 Å². The first kappa shape index (κ1) is 28.4. The molecule has 0 amide bonds. The van der Waals surface area contributed by atoms with Crippen molar-refractivity contribution in [3.8, 4) is 11.1 Å². The van der Waals surface area contributed by atoms with Crippen LogP contribution in [0, 0.1) is 0 Å². The van der Waals surface area contributed by atoms with Gasteiger partial charge in [-0.05, 0) is 110 Å².